The topological polar surface area (TPSA) is 57.3 Å². The van der Waals surface area contributed by atoms with Crippen LogP contribution in [0.2, 0.25) is 0 Å². The summed E-state index contributed by atoms with van der Waals surface area (Å²) in [6.45, 7) is 5.10. The Balaban J connectivity index is 1.79. The van der Waals surface area contributed by atoms with Gasteiger partial charge in [0, 0.05) is 17.5 Å². The molecule has 0 aliphatic heterocycles. The number of likely N-dealkylation sites (N-methyl/N-ethyl adjacent to an activating group) is 1. The van der Waals surface area contributed by atoms with Crippen LogP contribution in [0.1, 0.15) is 21.1 Å². The van der Waals surface area contributed by atoms with Crippen molar-refractivity contribution in [1.82, 2.24) is 20.5 Å². The van der Waals surface area contributed by atoms with Gasteiger partial charge in [-0.3, -0.25) is 0 Å². The zero-order chi connectivity index (χ0) is 17.5. The molecular weight excluding hydrogens is 320 g/mol. The van der Waals surface area contributed by atoms with Crippen molar-refractivity contribution in [2.24, 2.45) is 0 Å². The molecule has 5 nitrogen and oxygen atoms in total. The fourth-order valence-corrected chi connectivity index (χ4v) is 3.24. The number of nitrogens with zero attached hydrogens (tertiary/aromatic N) is 2. The van der Waals surface area contributed by atoms with Gasteiger partial charge in [-0.2, -0.15) is 0 Å². The van der Waals surface area contributed by atoms with Crippen LogP contribution in [0.4, 0.5) is 4.79 Å². The summed E-state index contributed by atoms with van der Waals surface area (Å²) in [4.78, 5) is 19.8. The summed E-state index contributed by atoms with van der Waals surface area (Å²) in [5.41, 5.74) is 2.31. The monoisotopic (exact) mass is 346 g/mol. The molecule has 0 saturated heterocycles. The molecular formula is C18H26N4OS. The Labute approximate surface area is 148 Å². The smallest absolute Gasteiger partial charge is 0.315 e. The number of hydrogen-bond donors (Lipinski definition) is 2. The van der Waals surface area contributed by atoms with Crippen molar-refractivity contribution in [3.8, 4) is 0 Å². The van der Waals surface area contributed by atoms with Crippen molar-refractivity contribution in [2.45, 2.75) is 32.9 Å². The van der Waals surface area contributed by atoms with Gasteiger partial charge < -0.3 is 15.5 Å². The first kappa shape index (κ1) is 18.4. The van der Waals surface area contributed by atoms with Gasteiger partial charge in [0.05, 0.1) is 12.2 Å². The molecule has 1 heterocycles. The zero-order valence-electron chi connectivity index (χ0n) is 14.8. The number of aromatic nitrogens is 1. The number of rotatable bonds is 7. The lowest BCUT2D eigenvalue weighted by Gasteiger charge is -2.24. The lowest BCUT2D eigenvalue weighted by Crippen LogP contribution is -2.44. The summed E-state index contributed by atoms with van der Waals surface area (Å²) in [7, 11) is 4.07. The van der Waals surface area contributed by atoms with Crippen LogP contribution < -0.4 is 10.6 Å². The zero-order valence-corrected chi connectivity index (χ0v) is 15.6. The molecule has 2 rings (SSSR count). The number of aryl methyl sites for hydroxylation is 2. The summed E-state index contributed by atoms with van der Waals surface area (Å²) in [5.74, 6) is 0. The quantitative estimate of drug-likeness (QED) is 0.810. The van der Waals surface area contributed by atoms with E-state index >= 15 is 0 Å². The minimum Gasteiger partial charge on any atom is -0.337 e. The number of thiazole rings is 1. The summed E-state index contributed by atoms with van der Waals surface area (Å²) in [6.07, 6.45) is 0.902. The molecule has 2 N–H and O–H groups in total. The van der Waals surface area contributed by atoms with Gasteiger partial charge in [0.15, 0.2) is 0 Å². The van der Waals surface area contributed by atoms with Crippen molar-refractivity contribution in [1.29, 1.82) is 0 Å². The molecule has 0 saturated carbocycles. The Hall–Kier alpha value is -1.92. The Bertz CT molecular complexity index is 635. The second-order valence-electron chi connectivity index (χ2n) is 6.12. The molecule has 0 bridgehead atoms. The first-order valence-corrected chi connectivity index (χ1v) is 8.92. The van der Waals surface area contributed by atoms with Gasteiger partial charge in [-0.1, -0.05) is 30.3 Å². The highest BCUT2D eigenvalue weighted by molar-refractivity contribution is 7.11. The van der Waals surface area contributed by atoms with E-state index in [4.69, 9.17) is 0 Å². The summed E-state index contributed by atoms with van der Waals surface area (Å²) in [5, 5.41) is 6.78. The van der Waals surface area contributed by atoms with E-state index in [1.54, 1.807) is 11.3 Å². The molecule has 1 unspecified atom stereocenters. The van der Waals surface area contributed by atoms with Gasteiger partial charge in [0.2, 0.25) is 0 Å². The number of nitrogens with one attached hydrogen (secondary N) is 2. The number of hydrogen-bond acceptors (Lipinski definition) is 4. The standard InChI is InChI=1S/C18H26N4OS/c1-13-14(2)24-17(21-13)12-20-18(23)19-11-16(22(3)4)10-15-8-6-5-7-9-15/h5-9,16H,10-12H2,1-4H3,(H2,19,20,23). The van der Waals surface area contributed by atoms with Crippen LogP contribution in [-0.4, -0.2) is 42.6 Å². The molecule has 1 aromatic carbocycles. The Morgan fingerprint density at radius 2 is 1.92 bits per heavy atom. The highest BCUT2D eigenvalue weighted by atomic mass is 32.1. The molecule has 0 aliphatic rings. The third-order valence-electron chi connectivity index (χ3n) is 4.02. The number of carbonyl (C=O) groups excluding carboxylic acids is 1. The molecule has 1 atom stereocenters. The van der Waals surface area contributed by atoms with Crippen molar-refractivity contribution >= 4 is 17.4 Å². The minimum atomic E-state index is -0.152. The third kappa shape index (κ3) is 5.62. The summed E-state index contributed by atoms with van der Waals surface area (Å²) in [6, 6.07) is 10.4. The molecule has 24 heavy (non-hydrogen) atoms. The fraction of sp³-hybridized carbons (Fsp3) is 0.444. The predicted molar refractivity (Wildman–Crippen MR) is 99.4 cm³/mol. The Kier molecular flexibility index (Phi) is 6.75. The molecule has 6 heteroatoms. The highest BCUT2D eigenvalue weighted by Gasteiger charge is 2.14. The number of amides is 2. The highest BCUT2D eigenvalue weighted by Crippen LogP contribution is 2.15. The van der Waals surface area contributed by atoms with Gasteiger partial charge in [0.1, 0.15) is 5.01 Å². The van der Waals surface area contributed by atoms with E-state index in [2.05, 4.69) is 32.7 Å². The van der Waals surface area contributed by atoms with Crippen molar-refractivity contribution < 1.29 is 4.79 Å². The molecule has 0 aliphatic carbocycles. The average molecular weight is 347 g/mol. The van der Waals surface area contributed by atoms with Gasteiger partial charge in [-0.25, -0.2) is 9.78 Å². The van der Waals surface area contributed by atoms with E-state index in [1.165, 1.54) is 10.4 Å². The molecule has 2 amide bonds. The molecule has 130 valence electrons. The maximum atomic E-state index is 12.0. The largest absolute Gasteiger partial charge is 0.337 e. The van der Waals surface area contributed by atoms with E-state index in [-0.39, 0.29) is 12.1 Å². The molecule has 0 spiro atoms. The first-order valence-electron chi connectivity index (χ1n) is 8.10. The van der Waals surface area contributed by atoms with Crippen LogP contribution >= 0.6 is 11.3 Å². The van der Waals surface area contributed by atoms with E-state index in [0.717, 1.165) is 17.1 Å². The van der Waals surface area contributed by atoms with Crippen molar-refractivity contribution in [2.75, 3.05) is 20.6 Å². The summed E-state index contributed by atoms with van der Waals surface area (Å²) < 4.78 is 0. The lowest BCUT2D eigenvalue weighted by atomic mass is 10.1. The number of carbonyl (C=O) groups is 1. The van der Waals surface area contributed by atoms with E-state index in [9.17, 15) is 4.79 Å². The van der Waals surface area contributed by atoms with Gasteiger partial charge in [-0.15, -0.1) is 11.3 Å². The summed E-state index contributed by atoms with van der Waals surface area (Å²) >= 11 is 1.63. The van der Waals surface area contributed by atoms with E-state index in [1.807, 2.05) is 46.1 Å². The average Bonchev–Trinajstić information content (AvgIpc) is 2.88. The third-order valence-corrected chi connectivity index (χ3v) is 5.09. The molecule has 2 aromatic rings. The van der Waals surface area contributed by atoms with Crippen LogP contribution in [0.15, 0.2) is 30.3 Å². The fourth-order valence-electron chi connectivity index (χ4n) is 2.37. The minimum absolute atomic E-state index is 0.152. The van der Waals surface area contributed by atoms with Gasteiger partial charge in [-0.05, 0) is 39.9 Å². The van der Waals surface area contributed by atoms with Crippen LogP contribution in [0, 0.1) is 13.8 Å². The SMILES string of the molecule is Cc1nc(CNC(=O)NCC(Cc2ccccc2)N(C)C)sc1C. The maximum Gasteiger partial charge on any atom is 0.315 e. The maximum absolute atomic E-state index is 12.0. The van der Waals surface area contributed by atoms with Crippen molar-refractivity contribution in [3.63, 3.8) is 0 Å². The van der Waals surface area contributed by atoms with Crippen LogP contribution in [0.25, 0.3) is 0 Å². The van der Waals surface area contributed by atoms with E-state index < -0.39 is 0 Å². The Morgan fingerprint density at radius 3 is 2.50 bits per heavy atom. The number of urea groups is 1. The number of benzene rings is 1. The van der Waals surface area contributed by atoms with Gasteiger partial charge >= 0.3 is 6.03 Å². The first-order chi connectivity index (χ1) is 11.5. The molecule has 1 aromatic heterocycles. The second kappa shape index (κ2) is 8.80. The predicted octanol–water partition coefficient (Wildman–Crippen LogP) is 2.73. The normalized spacial score (nSPS) is 12.2. The lowest BCUT2D eigenvalue weighted by molar-refractivity contribution is 0.231. The molecule has 0 radical (unpaired) electrons. The second-order valence-corrected chi connectivity index (χ2v) is 7.41. The molecule has 0 fully saturated rings. The van der Waals surface area contributed by atoms with Gasteiger partial charge in [0.25, 0.3) is 0 Å². The van der Waals surface area contributed by atoms with E-state index in [0.29, 0.717) is 13.1 Å². The van der Waals surface area contributed by atoms with Crippen LogP contribution in [0.5, 0.6) is 0 Å². The van der Waals surface area contributed by atoms with Crippen LogP contribution in [-0.2, 0) is 13.0 Å². The van der Waals surface area contributed by atoms with Crippen molar-refractivity contribution in [3.05, 3.63) is 51.5 Å². The Morgan fingerprint density at radius 1 is 1.21 bits per heavy atom. The van der Waals surface area contributed by atoms with Crippen LogP contribution in [0.3, 0.4) is 0 Å².